The first-order chi connectivity index (χ1) is 6.63. The normalized spacial score (nSPS) is 12.6. The van der Waals surface area contributed by atoms with Crippen LogP contribution in [0.15, 0.2) is 22.7 Å². The van der Waals surface area contributed by atoms with Crippen molar-refractivity contribution in [2.45, 2.75) is 25.9 Å². The van der Waals surface area contributed by atoms with Crippen LogP contribution in [0, 0.1) is 0 Å². The van der Waals surface area contributed by atoms with E-state index >= 15 is 0 Å². The maximum atomic E-state index is 9.18. The lowest BCUT2D eigenvalue weighted by Crippen LogP contribution is -2.02. The lowest BCUT2D eigenvalue weighted by molar-refractivity contribution is 0.184. The largest absolute Gasteiger partial charge is 0.496 e. The van der Waals surface area contributed by atoms with Crippen LogP contribution in [0.3, 0.4) is 0 Å². The van der Waals surface area contributed by atoms with Gasteiger partial charge in [0.25, 0.3) is 0 Å². The Kier molecular flexibility index (Phi) is 4.42. The van der Waals surface area contributed by atoms with Crippen LogP contribution in [0.1, 0.15) is 18.9 Å². The van der Waals surface area contributed by atoms with Gasteiger partial charge in [-0.25, -0.2) is 0 Å². The van der Waals surface area contributed by atoms with Crippen LogP contribution in [0.25, 0.3) is 0 Å². The van der Waals surface area contributed by atoms with Gasteiger partial charge in [-0.2, -0.15) is 0 Å². The summed E-state index contributed by atoms with van der Waals surface area (Å²) in [6, 6.07) is 5.95. The highest BCUT2D eigenvalue weighted by atomic mass is 79.9. The van der Waals surface area contributed by atoms with Crippen LogP contribution in [0.4, 0.5) is 0 Å². The zero-order chi connectivity index (χ0) is 10.6. The number of hydrogen-bond donors (Lipinski definition) is 1. The molecule has 0 amide bonds. The van der Waals surface area contributed by atoms with E-state index < -0.39 is 0 Å². The summed E-state index contributed by atoms with van der Waals surface area (Å²) in [6.07, 6.45) is 1.34. The molecule has 0 saturated carbocycles. The molecule has 1 N–H and O–H groups in total. The van der Waals surface area contributed by atoms with Gasteiger partial charge in [0, 0.05) is 4.47 Å². The Balaban J connectivity index is 2.75. The number of rotatable bonds is 4. The van der Waals surface area contributed by atoms with Gasteiger partial charge in [0.15, 0.2) is 0 Å². The molecule has 2 nitrogen and oxygen atoms in total. The Labute approximate surface area is 93.0 Å². The van der Waals surface area contributed by atoms with Gasteiger partial charge in [0.2, 0.25) is 0 Å². The van der Waals surface area contributed by atoms with E-state index in [0.717, 1.165) is 28.6 Å². The molecular formula is C11H15BrO2. The molecule has 0 unspecified atom stereocenters. The van der Waals surface area contributed by atoms with E-state index in [1.54, 1.807) is 14.0 Å². The topological polar surface area (TPSA) is 29.5 Å². The number of hydrogen-bond acceptors (Lipinski definition) is 2. The average Bonchev–Trinajstić information content (AvgIpc) is 2.15. The van der Waals surface area contributed by atoms with Crippen molar-refractivity contribution in [3.05, 3.63) is 28.2 Å². The van der Waals surface area contributed by atoms with Crippen LogP contribution in [-0.2, 0) is 6.42 Å². The Hall–Kier alpha value is -0.540. The lowest BCUT2D eigenvalue weighted by atomic mass is 10.1. The summed E-state index contributed by atoms with van der Waals surface area (Å²) in [5, 5.41) is 9.18. The van der Waals surface area contributed by atoms with Crippen LogP contribution < -0.4 is 4.74 Å². The first-order valence-corrected chi connectivity index (χ1v) is 5.43. The van der Waals surface area contributed by atoms with Gasteiger partial charge in [-0.3, -0.25) is 0 Å². The van der Waals surface area contributed by atoms with Gasteiger partial charge in [-0.1, -0.05) is 22.0 Å². The van der Waals surface area contributed by atoms with Crippen molar-refractivity contribution in [1.82, 2.24) is 0 Å². The number of halogens is 1. The molecule has 0 aliphatic rings. The first-order valence-electron chi connectivity index (χ1n) is 4.64. The van der Waals surface area contributed by atoms with E-state index in [0.29, 0.717) is 0 Å². The summed E-state index contributed by atoms with van der Waals surface area (Å²) in [4.78, 5) is 0. The molecular weight excluding hydrogens is 244 g/mol. The lowest BCUT2D eigenvalue weighted by Gasteiger charge is -2.09. The van der Waals surface area contributed by atoms with Crippen molar-refractivity contribution in [3.8, 4) is 5.75 Å². The quantitative estimate of drug-likeness (QED) is 0.900. The molecule has 1 atom stereocenters. The second-order valence-electron chi connectivity index (χ2n) is 3.34. The predicted octanol–water partition coefficient (Wildman–Crippen LogP) is 2.77. The SMILES string of the molecule is COc1cc(Br)ccc1CC[C@H](C)O. The third kappa shape index (κ3) is 3.31. The monoisotopic (exact) mass is 258 g/mol. The molecule has 3 heteroatoms. The molecule has 0 aromatic heterocycles. The van der Waals surface area contributed by atoms with E-state index in [9.17, 15) is 5.11 Å². The Morgan fingerprint density at radius 2 is 2.21 bits per heavy atom. The van der Waals surface area contributed by atoms with Gasteiger partial charge in [-0.15, -0.1) is 0 Å². The highest BCUT2D eigenvalue weighted by Crippen LogP contribution is 2.24. The summed E-state index contributed by atoms with van der Waals surface area (Å²) >= 11 is 3.39. The molecule has 78 valence electrons. The molecule has 1 aromatic carbocycles. The van der Waals surface area contributed by atoms with Gasteiger partial charge >= 0.3 is 0 Å². The Morgan fingerprint density at radius 1 is 1.50 bits per heavy atom. The fourth-order valence-electron chi connectivity index (χ4n) is 1.29. The minimum absolute atomic E-state index is 0.261. The molecule has 0 radical (unpaired) electrons. The predicted molar refractivity (Wildman–Crippen MR) is 60.7 cm³/mol. The summed E-state index contributed by atoms with van der Waals surface area (Å²) in [5.41, 5.74) is 1.14. The van der Waals surface area contributed by atoms with E-state index in [-0.39, 0.29) is 6.10 Å². The van der Waals surface area contributed by atoms with Gasteiger partial charge in [0.1, 0.15) is 5.75 Å². The second kappa shape index (κ2) is 5.37. The molecule has 1 aromatic rings. The van der Waals surface area contributed by atoms with Crippen molar-refractivity contribution in [1.29, 1.82) is 0 Å². The van der Waals surface area contributed by atoms with Crippen molar-refractivity contribution < 1.29 is 9.84 Å². The van der Waals surface area contributed by atoms with Crippen LogP contribution in [-0.4, -0.2) is 18.3 Å². The molecule has 0 bridgehead atoms. The smallest absolute Gasteiger partial charge is 0.123 e. The van der Waals surface area contributed by atoms with E-state index in [1.165, 1.54) is 0 Å². The molecule has 0 saturated heterocycles. The summed E-state index contributed by atoms with van der Waals surface area (Å²) in [5.74, 6) is 0.875. The van der Waals surface area contributed by atoms with E-state index in [2.05, 4.69) is 15.9 Å². The number of methoxy groups -OCH3 is 1. The number of benzene rings is 1. The molecule has 1 rings (SSSR count). The zero-order valence-corrected chi connectivity index (χ0v) is 10.0. The number of aliphatic hydroxyl groups is 1. The minimum atomic E-state index is -0.261. The second-order valence-corrected chi connectivity index (χ2v) is 4.26. The van der Waals surface area contributed by atoms with E-state index in [4.69, 9.17) is 4.74 Å². The highest BCUT2D eigenvalue weighted by molar-refractivity contribution is 9.10. The Morgan fingerprint density at radius 3 is 2.79 bits per heavy atom. The van der Waals surface area contributed by atoms with Crippen molar-refractivity contribution in [2.75, 3.05) is 7.11 Å². The number of aryl methyl sites for hydroxylation is 1. The van der Waals surface area contributed by atoms with E-state index in [1.807, 2.05) is 18.2 Å². The van der Waals surface area contributed by atoms with Gasteiger partial charge < -0.3 is 9.84 Å². The summed E-state index contributed by atoms with van der Waals surface area (Å²) in [6.45, 7) is 1.80. The maximum absolute atomic E-state index is 9.18. The third-order valence-corrected chi connectivity index (χ3v) is 2.57. The molecule has 0 spiro atoms. The van der Waals surface area contributed by atoms with Crippen molar-refractivity contribution in [3.63, 3.8) is 0 Å². The molecule has 0 aliphatic heterocycles. The zero-order valence-electron chi connectivity index (χ0n) is 8.46. The molecule has 0 heterocycles. The molecule has 0 aliphatic carbocycles. The number of ether oxygens (including phenoxy) is 1. The summed E-state index contributed by atoms with van der Waals surface area (Å²) < 4.78 is 6.26. The van der Waals surface area contributed by atoms with Crippen LogP contribution in [0.2, 0.25) is 0 Å². The maximum Gasteiger partial charge on any atom is 0.123 e. The fourth-order valence-corrected chi connectivity index (χ4v) is 1.63. The van der Waals surface area contributed by atoms with Gasteiger partial charge in [-0.05, 0) is 37.5 Å². The summed E-state index contributed by atoms with van der Waals surface area (Å²) in [7, 11) is 1.66. The van der Waals surface area contributed by atoms with Crippen LogP contribution >= 0.6 is 15.9 Å². The third-order valence-electron chi connectivity index (χ3n) is 2.08. The van der Waals surface area contributed by atoms with Gasteiger partial charge in [0.05, 0.1) is 13.2 Å². The van der Waals surface area contributed by atoms with Crippen LogP contribution in [0.5, 0.6) is 5.75 Å². The fraction of sp³-hybridized carbons (Fsp3) is 0.455. The van der Waals surface area contributed by atoms with Crippen molar-refractivity contribution >= 4 is 15.9 Å². The minimum Gasteiger partial charge on any atom is -0.496 e. The standard InChI is InChI=1S/C11H15BrO2/c1-8(13)3-4-9-5-6-10(12)7-11(9)14-2/h5-8,13H,3-4H2,1-2H3/t8-/m0/s1. The number of aliphatic hydroxyl groups excluding tert-OH is 1. The average molecular weight is 259 g/mol. The highest BCUT2D eigenvalue weighted by Gasteiger charge is 2.04. The first kappa shape index (κ1) is 11.5. The molecule has 14 heavy (non-hydrogen) atoms. The van der Waals surface area contributed by atoms with Crippen molar-refractivity contribution in [2.24, 2.45) is 0 Å². The Bertz CT molecular complexity index is 297. The molecule has 0 fully saturated rings.